The number of hydrogen-bond donors (Lipinski definition) is 0. The van der Waals surface area contributed by atoms with Crippen LogP contribution < -0.4 is 0 Å². The first-order chi connectivity index (χ1) is 11.7. The first-order valence-electron chi connectivity index (χ1n) is 8.43. The van der Waals surface area contributed by atoms with Crippen molar-refractivity contribution in [3.05, 3.63) is 34.9 Å². The van der Waals surface area contributed by atoms with E-state index in [1.165, 1.54) is 13.2 Å². The molecule has 0 saturated heterocycles. The lowest BCUT2D eigenvalue weighted by atomic mass is 9.49. The fraction of sp³-hybridized carbons (Fsp3) is 0.500. The topological polar surface area (TPSA) is 84.2 Å². The second-order valence-corrected chi connectivity index (χ2v) is 7.64. The number of fused-ring (bicyclic) bond motifs is 3. The molecule has 1 saturated carbocycles. The van der Waals surface area contributed by atoms with Gasteiger partial charge in [-0.15, -0.1) is 0 Å². The molecule has 0 N–H and O–H groups in total. The van der Waals surface area contributed by atoms with Gasteiger partial charge in [-0.3, -0.25) is 9.59 Å². The third-order valence-electron chi connectivity index (χ3n) is 6.20. The third kappa shape index (κ3) is 2.31. The van der Waals surface area contributed by atoms with Crippen LogP contribution in [0.5, 0.6) is 0 Å². The molecule has 130 valence electrons. The van der Waals surface area contributed by atoms with E-state index < -0.39 is 16.8 Å². The zero-order valence-corrected chi connectivity index (χ0v) is 14.9. The van der Waals surface area contributed by atoms with E-state index in [2.05, 4.69) is 0 Å². The van der Waals surface area contributed by atoms with Crippen LogP contribution in [0.2, 0.25) is 0 Å². The van der Waals surface area contributed by atoms with Crippen molar-refractivity contribution in [2.45, 2.75) is 33.6 Å². The molecule has 0 spiro atoms. The summed E-state index contributed by atoms with van der Waals surface area (Å²) in [5.41, 5.74) is 0.0619. The first kappa shape index (κ1) is 17.3. The van der Waals surface area contributed by atoms with Crippen LogP contribution in [0.3, 0.4) is 0 Å². The Labute approximate surface area is 147 Å². The Morgan fingerprint density at radius 1 is 1.32 bits per heavy atom. The zero-order valence-electron chi connectivity index (χ0n) is 14.9. The summed E-state index contributed by atoms with van der Waals surface area (Å²) in [4.78, 5) is 36.8. The van der Waals surface area contributed by atoms with Gasteiger partial charge in [0, 0.05) is 16.7 Å². The molecule has 0 aromatic rings. The Kier molecular flexibility index (Phi) is 3.83. The molecule has 1 unspecified atom stereocenters. The molecule has 5 nitrogen and oxygen atoms in total. The molecule has 0 aliphatic heterocycles. The van der Waals surface area contributed by atoms with Crippen molar-refractivity contribution in [2.24, 2.45) is 22.7 Å². The molecular weight excluding hydrogens is 318 g/mol. The molecule has 3 aliphatic rings. The van der Waals surface area contributed by atoms with Gasteiger partial charge in [-0.05, 0) is 30.4 Å². The van der Waals surface area contributed by atoms with E-state index in [4.69, 9.17) is 4.74 Å². The number of carbonyl (C=O) groups excluding carboxylic acids is 3. The lowest BCUT2D eigenvalue weighted by Gasteiger charge is -2.54. The summed E-state index contributed by atoms with van der Waals surface area (Å²) in [7, 11) is 1.26. The number of rotatable bonds is 1. The van der Waals surface area contributed by atoms with Gasteiger partial charge in [0.1, 0.15) is 11.6 Å². The highest BCUT2D eigenvalue weighted by Gasteiger charge is 2.54. The van der Waals surface area contributed by atoms with Crippen molar-refractivity contribution in [1.82, 2.24) is 0 Å². The molecule has 4 atom stereocenters. The molecule has 0 amide bonds. The van der Waals surface area contributed by atoms with Crippen LogP contribution >= 0.6 is 0 Å². The van der Waals surface area contributed by atoms with E-state index in [9.17, 15) is 19.6 Å². The summed E-state index contributed by atoms with van der Waals surface area (Å²) in [6.07, 6.45) is 6.48. The van der Waals surface area contributed by atoms with Crippen LogP contribution in [0.25, 0.3) is 0 Å². The lowest BCUT2D eigenvalue weighted by Crippen LogP contribution is -2.49. The molecule has 25 heavy (non-hydrogen) atoms. The van der Waals surface area contributed by atoms with Crippen molar-refractivity contribution >= 4 is 17.5 Å². The second-order valence-electron chi connectivity index (χ2n) is 7.64. The van der Waals surface area contributed by atoms with Gasteiger partial charge in [-0.1, -0.05) is 32.9 Å². The van der Waals surface area contributed by atoms with Crippen LogP contribution in [0.15, 0.2) is 34.9 Å². The number of nitrogens with zero attached hydrogens (tertiary/aromatic N) is 1. The Balaban J connectivity index is 2.17. The molecule has 3 aliphatic carbocycles. The highest BCUT2D eigenvalue weighted by Crippen LogP contribution is 2.60. The number of methoxy groups -OCH3 is 1. The predicted octanol–water partition coefficient (Wildman–Crippen LogP) is 2.69. The van der Waals surface area contributed by atoms with Gasteiger partial charge in [-0.25, -0.2) is 4.79 Å². The van der Waals surface area contributed by atoms with Gasteiger partial charge >= 0.3 is 5.97 Å². The van der Waals surface area contributed by atoms with Crippen LogP contribution in [0, 0.1) is 34.0 Å². The largest absolute Gasteiger partial charge is 0.465 e. The van der Waals surface area contributed by atoms with Crippen LogP contribution in [0.1, 0.15) is 33.6 Å². The normalized spacial score (nSPS) is 37.0. The maximum absolute atomic E-state index is 12.5. The Hall–Kier alpha value is -2.48. The fourth-order valence-electron chi connectivity index (χ4n) is 4.88. The Morgan fingerprint density at radius 3 is 2.60 bits per heavy atom. The second kappa shape index (κ2) is 5.52. The summed E-state index contributed by atoms with van der Waals surface area (Å²) < 4.78 is 4.73. The summed E-state index contributed by atoms with van der Waals surface area (Å²) in [5, 5.41) is 9.34. The quantitative estimate of drug-likeness (QED) is 0.542. The third-order valence-corrected chi connectivity index (χ3v) is 6.20. The van der Waals surface area contributed by atoms with E-state index in [0.29, 0.717) is 0 Å². The number of nitriles is 1. The molecule has 0 heterocycles. The highest BCUT2D eigenvalue weighted by atomic mass is 16.5. The van der Waals surface area contributed by atoms with Crippen LogP contribution in [-0.4, -0.2) is 24.6 Å². The number of ether oxygens (including phenoxy) is 1. The molecule has 1 fully saturated rings. The first-order valence-corrected chi connectivity index (χ1v) is 8.43. The van der Waals surface area contributed by atoms with E-state index in [-0.39, 0.29) is 34.5 Å². The van der Waals surface area contributed by atoms with E-state index in [1.54, 1.807) is 12.2 Å². The minimum Gasteiger partial charge on any atom is -0.465 e. The number of Topliss-reactive ketones (excluding diaryl/α,β-unsaturated/α-hetero) is 1. The lowest BCUT2D eigenvalue weighted by molar-refractivity contribution is -0.137. The smallest absolute Gasteiger partial charge is 0.341 e. The number of ketones is 2. The zero-order chi connectivity index (χ0) is 18.6. The SMILES string of the molecule is COC(=O)C1=C[C@]2(C)CCC3[C@@H](C)C(=O)C(C#N)=C[C@]3(C)C2=CC1=O. The summed E-state index contributed by atoms with van der Waals surface area (Å²) in [6, 6.07) is 2.01. The summed E-state index contributed by atoms with van der Waals surface area (Å²) in [5.74, 6) is -1.36. The number of allylic oxidation sites excluding steroid dienone is 5. The van der Waals surface area contributed by atoms with E-state index in [1.807, 2.05) is 26.8 Å². The van der Waals surface area contributed by atoms with Gasteiger partial charge < -0.3 is 4.74 Å². The van der Waals surface area contributed by atoms with Crippen molar-refractivity contribution < 1.29 is 19.1 Å². The highest BCUT2D eigenvalue weighted by molar-refractivity contribution is 6.23. The maximum Gasteiger partial charge on any atom is 0.341 e. The minimum atomic E-state index is -0.630. The van der Waals surface area contributed by atoms with Crippen LogP contribution in [0.4, 0.5) is 0 Å². The maximum atomic E-state index is 12.5. The van der Waals surface area contributed by atoms with Crippen molar-refractivity contribution in [1.29, 1.82) is 5.26 Å². The summed E-state index contributed by atoms with van der Waals surface area (Å²) in [6.45, 7) is 5.85. The molecule has 5 heteroatoms. The van der Waals surface area contributed by atoms with Crippen molar-refractivity contribution in [3.8, 4) is 6.07 Å². The van der Waals surface area contributed by atoms with Gasteiger partial charge in [-0.2, -0.15) is 5.26 Å². The van der Waals surface area contributed by atoms with Gasteiger partial charge in [0.25, 0.3) is 0 Å². The summed E-state index contributed by atoms with van der Waals surface area (Å²) >= 11 is 0. The van der Waals surface area contributed by atoms with Crippen molar-refractivity contribution in [2.75, 3.05) is 7.11 Å². The standard InChI is InChI=1S/C20H21NO4/c1-11-14-5-6-19(2)9-13(18(24)25-4)15(22)7-16(19)20(14,3)8-12(10-21)17(11)23/h7-9,11,14H,5-6H2,1-4H3/t11-,14?,19+,20+/m1/s1. The average molecular weight is 339 g/mol. The molecule has 3 rings (SSSR count). The number of carbonyl (C=O) groups is 3. The molecular formula is C20H21NO4. The fourth-order valence-corrected chi connectivity index (χ4v) is 4.88. The van der Waals surface area contributed by atoms with E-state index >= 15 is 0 Å². The van der Waals surface area contributed by atoms with E-state index in [0.717, 1.165) is 18.4 Å². The van der Waals surface area contributed by atoms with Crippen molar-refractivity contribution in [3.63, 3.8) is 0 Å². The van der Waals surface area contributed by atoms with Gasteiger partial charge in [0.2, 0.25) is 0 Å². The average Bonchev–Trinajstić information content (AvgIpc) is 2.58. The van der Waals surface area contributed by atoms with Crippen LogP contribution in [-0.2, 0) is 19.1 Å². The monoisotopic (exact) mass is 339 g/mol. The van der Waals surface area contributed by atoms with Gasteiger partial charge in [0.05, 0.1) is 12.7 Å². The predicted molar refractivity (Wildman–Crippen MR) is 90.0 cm³/mol. The Morgan fingerprint density at radius 2 is 2.00 bits per heavy atom. The molecule has 0 aromatic carbocycles. The number of esters is 1. The van der Waals surface area contributed by atoms with Gasteiger partial charge in [0.15, 0.2) is 11.6 Å². The minimum absolute atomic E-state index is 0.0392. The molecule has 0 radical (unpaired) electrons. The number of hydrogen-bond acceptors (Lipinski definition) is 5. The molecule has 0 bridgehead atoms. The Bertz CT molecular complexity index is 825. The molecule has 0 aromatic heterocycles.